The Morgan fingerprint density at radius 2 is 0.557 bits per heavy atom. The molecule has 16 nitrogen and oxygen atoms in total. The molecule has 0 aliphatic carbocycles. The fourth-order valence-corrected chi connectivity index (χ4v) is 18.4. The lowest BCUT2D eigenvalue weighted by Gasteiger charge is -2.56. The van der Waals surface area contributed by atoms with Crippen molar-refractivity contribution in [1.82, 2.24) is 50.3 Å². The molecule has 504 valence electrons. The number of piperidine rings is 4. The van der Waals surface area contributed by atoms with Gasteiger partial charge >= 0.3 is 0 Å². The number of fused-ring (bicyclic) bond motifs is 4. The van der Waals surface area contributed by atoms with Gasteiger partial charge in [-0.1, -0.05) is 67.2 Å². The zero-order chi connectivity index (χ0) is 65.9. The van der Waals surface area contributed by atoms with Crippen molar-refractivity contribution in [3.63, 3.8) is 0 Å². The van der Waals surface area contributed by atoms with Gasteiger partial charge in [-0.3, -0.25) is 9.80 Å². The van der Waals surface area contributed by atoms with Crippen LogP contribution in [0.1, 0.15) is 296 Å². The Labute approximate surface area is 540 Å². The highest BCUT2D eigenvalue weighted by Gasteiger charge is 2.49. The van der Waals surface area contributed by atoms with Crippen molar-refractivity contribution < 1.29 is 0 Å². The van der Waals surface area contributed by atoms with Gasteiger partial charge in [-0.2, -0.15) is 29.9 Å². The maximum Gasteiger partial charge on any atom is 0.232 e. The Bertz CT molecular complexity index is 2410. The summed E-state index contributed by atoms with van der Waals surface area (Å²) in [7, 11) is 4.66. The summed E-state index contributed by atoms with van der Waals surface area (Å²) in [6.45, 7) is 65.4. The van der Waals surface area contributed by atoms with Gasteiger partial charge in [0.15, 0.2) is 0 Å². The van der Waals surface area contributed by atoms with Crippen LogP contribution in [0.25, 0.3) is 0 Å². The van der Waals surface area contributed by atoms with Crippen molar-refractivity contribution in [3.05, 3.63) is 0 Å². The first-order valence-corrected chi connectivity index (χ1v) is 35.2. The minimum atomic E-state index is -0.260. The molecule has 88 heavy (non-hydrogen) atoms. The van der Waals surface area contributed by atoms with Crippen LogP contribution in [0, 0.1) is 10.8 Å². The quantitative estimate of drug-likeness (QED) is 0.179. The molecule has 0 unspecified atom stereocenters. The van der Waals surface area contributed by atoms with Crippen LogP contribution in [0.15, 0.2) is 0 Å². The van der Waals surface area contributed by atoms with Gasteiger partial charge in [-0.15, -0.1) is 0 Å². The van der Waals surface area contributed by atoms with Crippen molar-refractivity contribution in [2.75, 3.05) is 70.5 Å². The van der Waals surface area contributed by atoms with Crippen LogP contribution in [0.4, 0.5) is 35.7 Å². The predicted octanol–water partition coefficient (Wildman–Crippen LogP) is 15.3. The summed E-state index contributed by atoms with van der Waals surface area (Å²) < 4.78 is 0. The van der Waals surface area contributed by atoms with Crippen LogP contribution < -0.4 is 40.9 Å². The first kappa shape index (κ1) is 72.1. The normalized spacial score (nSPS) is 25.4. The maximum atomic E-state index is 5.84. The van der Waals surface area contributed by atoms with E-state index in [0.29, 0.717) is 11.9 Å². The second-order valence-electron chi connectivity index (χ2n) is 38.0. The lowest BCUT2D eigenvalue weighted by atomic mass is 9.77. The highest BCUT2D eigenvalue weighted by molar-refractivity contribution is 5.50. The van der Waals surface area contributed by atoms with E-state index in [1.54, 1.807) is 0 Å². The number of hydrogen-bond acceptors (Lipinski definition) is 16. The molecule has 4 N–H and O–H groups in total. The number of nitrogens with zero attached hydrogens (tertiary/aromatic N) is 12. The van der Waals surface area contributed by atoms with Gasteiger partial charge in [0.2, 0.25) is 35.7 Å². The van der Waals surface area contributed by atoms with E-state index in [2.05, 4.69) is 245 Å². The zero-order valence-corrected chi connectivity index (χ0v) is 62.2. The molecular weight excluding hydrogens is 1090 g/mol. The fraction of sp³-hybridized carbons (Fsp3) is 0.917. The van der Waals surface area contributed by atoms with Crippen LogP contribution in [0.2, 0.25) is 0 Å². The minimum Gasteiger partial charge on any atom is -0.349 e. The molecule has 4 saturated heterocycles. The number of anilines is 6. The Hall–Kier alpha value is -3.34. The largest absolute Gasteiger partial charge is 0.349 e. The van der Waals surface area contributed by atoms with Crippen LogP contribution in [-0.2, 0) is 0 Å². The summed E-state index contributed by atoms with van der Waals surface area (Å²) in [5.41, 5.74) is -0.681. The Kier molecular flexibility index (Phi) is 21.2. The van der Waals surface area contributed by atoms with E-state index in [-0.39, 0.29) is 90.4 Å². The fourth-order valence-electron chi connectivity index (χ4n) is 18.4. The highest BCUT2D eigenvalue weighted by atomic mass is 15.4. The topological polar surface area (TPSA) is 145 Å². The SMILES string of the molecule is CN1C(C)(C)CC(N2CCCCCCN(C3CC(C)(C)NC(C)(C)C3)c3nc(NC(C)(C)CC(C)(C)C)nc(n3)N(C3CC(C)(C)NC(C)(C)C3)CCCCCCN(C3CC(C)(C)N(C)C(C)(C)C3)c3nc(NC(C)(C)CC(C)(C)C)nc2n3)CC1(C)C. The van der Waals surface area contributed by atoms with Crippen molar-refractivity contribution in [1.29, 1.82) is 0 Å². The van der Waals surface area contributed by atoms with Crippen molar-refractivity contribution in [2.24, 2.45) is 10.8 Å². The van der Waals surface area contributed by atoms with E-state index in [4.69, 9.17) is 29.9 Å². The third kappa shape index (κ3) is 19.4. The van der Waals surface area contributed by atoms with Crippen LogP contribution >= 0.6 is 0 Å². The summed E-state index contributed by atoms with van der Waals surface area (Å²) in [6.07, 6.45) is 18.5. The molecule has 7 heterocycles. The van der Waals surface area contributed by atoms with Crippen LogP contribution in [0.5, 0.6) is 0 Å². The molecule has 7 rings (SSSR count). The molecular formula is C72H136N16. The van der Waals surface area contributed by atoms with Gasteiger partial charge in [0.25, 0.3) is 0 Å². The molecule has 4 bridgehead atoms. The van der Waals surface area contributed by atoms with Gasteiger partial charge in [-0.25, -0.2) is 0 Å². The number of likely N-dealkylation sites (tertiary alicyclic amines) is 2. The van der Waals surface area contributed by atoms with Crippen molar-refractivity contribution >= 4 is 35.7 Å². The Morgan fingerprint density at radius 1 is 0.341 bits per heavy atom. The standard InChI is InChI=1S/C72H136N16/c1-61(2,3)49-67(15,16)79-55-73-57-77-58(74-55)86(52-43-65(11,12)82-66(13,14)44-52)38-34-30-32-36-40-88(54-47-71(23,24)84(28)72(25,26)48-54)60-76-56(80-68(17,18)50-62(4,5)6)75-59(78-60)87(53-45-69(19,20)83(27)70(21,22)46-53)39-35-31-29-33-37-85(57)51-41-63(7,8)81-64(9,10)42-51/h51-54,81-82H,29-50H2,1-28H3,(H,73,74,77,79)(H,75,76,78,80). The summed E-state index contributed by atoms with van der Waals surface area (Å²) >= 11 is 0. The van der Waals surface area contributed by atoms with Gasteiger partial charge < -0.3 is 40.9 Å². The van der Waals surface area contributed by atoms with Crippen LogP contribution in [0.3, 0.4) is 0 Å². The van der Waals surface area contributed by atoms with E-state index in [1.807, 2.05) is 0 Å². The van der Waals surface area contributed by atoms with E-state index in [9.17, 15) is 0 Å². The average molecular weight is 1230 g/mol. The van der Waals surface area contributed by atoms with Gasteiger partial charge in [-0.05, 0) is 253 Å². The van der Waals surface area contributed by atoms with E-state index in [1.165, 1.54) is 0 Å². The summed E-state index contributed by atoms with van der Waals surface area (Å²) in [5, 5.41) is 16.0. The molecule has 0 atom stereocenters. The average Bonchev–Trinajstić information content (AvgIpc) is 1.04. The lowest BCUT2D eigenvalue weighted by Crippen LogP contribution is -2.63. The zero-order valence-electron chi connectivity index (χ0n) is 62.2. The first-order chi connectivity index (χ1) is 40.0. The first-order valence-electron chi connectivity index (χ1n) is 35.2. The molecule has 2 aromatic rings. The summed E-state index contributed by atoms with van der Waals surface area (Å²) in [5.74, 6) is 4.67. The highest BCUT2D eigenvalue weighted by Crippen LogP contribution is 2.44. The van der Waals surface area contributed by atoms with E-state index >= 15 is 0 Å². The molecule has 0 aromatic carbocycles. The summed E-state index contributed by atoms with van der Waals surface area (Å²) in [6, 6.07) is 0.953. The third-order valence-electron chi connectivity index (χ3n) is 20.9. The second-order valence-corrected chi connectivity index (χ2v) is 38.0. The second kappa shape index (κ2) is 25.9. The lowest BCUT2D eigenvalue weighted by molar-refractivity contribution is -0.0130. The molecule has 4 fully saturated rings. The smallest absolute Gasteiger partial charge is 0.232 e. The minimum absolute atomic E-state index is 0.0259. The monoisotopic (exact) mass is 1230 g/mol. The molecule has 16 heteroatoms. The van der Waals surface area contributed by atoms with Gasteiger partial charge in [0, 0.05) is 106 Å². The van der Waals surface area contributed by atoms with Crippen LogP contribution in [-0.4, -0.2) is 160 Å². The molecule has 5 aliphatic rings. The van der Waals surface area contributed by atoms with E-state index in [0.717, 1.165) is 166 Å². The maximum absolute atomic E-state index is 5.84. The molecule has 0 spiro atoms. The Balaban J connectivity index is 1.38. The van der Waals surface area contributed by atoms with Crippen molar-refractivity contribution in [3.8, 4) is 0 Å². The number of nitrogens with one attached hydrogen (secondary N) is 4. The summed E-state index contributed by atoms with van der Waals surface area (Å²) in [4.78, 5) is 49.8. The molecule has 0 radical (unpaired) electrons. The number of hydrogen-bond donors (Lipinski definition) is 4. The molecule has 0 amide bonds. The molecule has 0 saturated carbocycles. The van der Waals surface area contributed by atoms with E-state index < -0.39 is 0 Å². The van der Waals surface area contributed by atoms with Gasteiger partial charge in [0.1, 0.15) is 0 Å². The van der Waals surface area contributed by atoms with Crippen molar-refractivity contribution in [2.45, 2.75) is 375 Å². The van der Waals surface area contributed by atoms with Gasteiger partial charge in [0.05, 0.1) is 0 Å². The number of aromatic nitrogens is 6. The number of rotatable bonds is 10. The Morgan fingerprint density at radius 3 is 0.773 bits per heavy atom. The predicted molar refractivity (Wildman–Crippen MR) is 376 cm³/mol. The molecule has 5 aliphatic heterocycles. The third-order valence-corrected chi connectivity index (χ3v) is 20.9. The molecule has 2 aromatic heterocycles.